The molecule has 1 aromatic heterocycles. The summed E-state index contributed by atoms with van der Waals surface area (Å²) >= 11 is 3.27. The highest BCUT2D eigenvalue weighted by Crippen LogP contribution is 2.14. The first-order valence-electron chi connectivity index (χ1n) is 4.10. The van der Waals surface area contributed by atoms with E-state index in [0.717, 1.165) is 10.3 Å². The van der Waals surface area contributed by atoms with Crippen LogP contribution < -0.4 is 4.90 Å². The average molecular weight is 245 g/mol. The maximum Gasteiger partial charge on any atom is 0.106 e. The van der Waals surface area contributed by atoms with Gasteiger partial charge in [-0.3, -0.25) is 0 Å². The summed E-state index contributed by atoms with van der Waals surface area (Å²) in [6.07, 6.45) is 1.44. The zero-order valence-electron chi connectivity index (χ0n) is 7.74. The summed E-state index contributed by atoms with van der Waals surface area (Å²) in [5.74, 6) is 0. The number of pyridine rings is 1. The maximum absolute atomic E-state index is 9.17. The van der Waals surface area contributed by atoms with Gasteiger partial charge >= 0.3 is 0 Å². The van der Waals surface area contributed by atoms with Crippen molar-refractivity contribution < 1.29 is 5.11 Å². The largest absolute Gasteiger partial charge is 0.392 e. The molecule has 72 valence electrons. The Morgan fingerprint density at radius 1 is 1.62 bits per heavy atom. The van der Waals surface area contributed by atoms with E-state index < -0.39 is 0 Å². The van der Waals surface area contributed by atoms with Gasteiger partial charge in [0.1, 0.15) is 4.60 Å². The van der Waals surface area contributed by atoms with Gasteiger partial charge in [0, 0.05) is 13.6 Å². The summed E-state index contributed by atoms with van der Waals surface area (Å²) in [5.41, 5.74) is 1.00. The number of halogens is 1. The van der Waals surface area contributed by atoms with Crippen LogP contribution in [0.1, 0.15) is 6.92 Å². The van der Waals surface area contributed by atoms with Gasteiger partial charge < -0.3 is 10.0 Å². The lowest BCUT2D eigenvalue weighted by Crippen LogP contribution is -2.26. The summed E-state index contributed by atoms with van der Waals surface area (Å²) in [6.45, 7) is 2.38. The fourth-order valence-electron chi connectivity index (χ4n) is 1.10. The van der Waals surface area contributed by atoms with Crippen LogP contribution in [0.2, 0.25) is 0 Å². The zero-order valence-corrected chi connectivity index (χ0v) is 9.32. The van der Waals surface area contributed by atoms with Crippen molar-refractivity contribution in [2.24, 2.45) is 0 Å². The molecule has 0 aliphatic carbocycles. The standard InChI is InChI=1S/C9H13BrN2O/c1-7(13)6-12(2)8-3-4-9(10)11-5-8/h3-5,7,13H,6H2,1-2H3. The molecule has 1 N–H and O–H groups in total. The van der Waals surface area contributed by atoms with E-state index in [0.29, 0.717) is 6.54 Å². The molecular formula is C9H13BrN2O. The van der Waals surface area contributed by atoms with Gasteiger partial charge in [-0.15, -0.1) is 0 Å². The molecule has 0 aromatic carbocycles. The van der Waals surface area contributed by atoms with Crippen LogP contribution in [-0.2, 0) is 0 Å². The Balaban J connectivity index is 2.66. The summed E-state index contributed by atoms with van der Waals surface area (Å²) in [5, 5.41) is 9.17. The van der Waals surface area contributed by atoms with Gasteiger partial charge in [0.2, 0.25) is 0 Å². The second-order valence-electron chi connectivity index (χ2n) is 3.07. The molecule has 1 unspecified atom stereocenters. The molecule has 1 heterocycles. The van der Waals surface area contributed by atoms with Crippen LogP contribution in [0.3, 0.4) is 0 Å². The van der Waals surface area contributed by atoms with E-state index in [1.54, 1.807) is 13.1 Å². The molecule has 0 saturated heterocycles. The van der Waals surface area contributed by atoms with Crippen molar-refractivity contribution in [3.05, 3.63) is 22.9 Å². The SMILES string of the molecule is CC(O)CN(C)c1ccc(Br)nc1. The van der Waals surface area contributed by atoms with Crippen LogP contribution in [0.4, 0.5) is 5.69 Å². The van der Waals surface area contributed by atoms with Crippen LogP contribution in [0.15, 0.2) is 22.9 Å². The highest BCUT2D eigenvalue weighted by atomic mass is 79.9. The van der Waals surface area contributed by atoms with Crippen molar-refractivity contribution in [2.75, 3.05) is 18.5 Å². The third-order valence-electron chi connectivity index (χ3n) is 1.69. The van der Waals surface area contributed by atoms with Crippen LogP contribution in [-0.4, -0.2) is 29.8 Å². The zero-order chi connectivity index (χ0) is 9.84. The molecule has 1 aromatic rings. The lowest BCUT2D eigenvalue weighted by molar-refractivity contribution is 0.201. The van der Waals surface area contributed by atoms with Crippen molar-refractivity contribution in [3.63, 3.8) is 0 Å². The third-order valence-corrected chi connectivity index (χ3v) is 2.16. The molecule has 4 heteroatoms. The monoisotopic (exact) mass is 244 g/mol. The Morgan fingerprint density at radius 2 is 2.31 bits per heavy atom. The normalized spacial score (nSPS) is 12.6. The molecule has 13 heavy (non-hydrogen) atoms. The van der Waals surface area contributed by atoms with Gasteiger partial charge in [0.25, 0.3) is 0 Å². The van der Waals surface area contributed by atoms with E-state index >= 15 is 0 Å². The summed E-state index contributed by atoms with van der Waals surface area (Å²) in [6, 6.07) is 3.84. The number of rotatable bonds is 3. The summed E-state index contributed by atoms with van der Waals surface area (Å²) < 4.78 is 0.821. The van der Waals surface area contributed by atoms with E-state index in [-0.39, 0.29) is 6.10 Å². The average Bonchev–Trinajstić information content (AvgIpc) is 2.04. The molecule has 0 aliphatic rings. The molecule has 0 saturated carbocycles. The minimum absolute atomic E-state index is 0.325. The minimum Gasteiger partial charge on any atom is -0.392 e. The highest BCUT2D eigenvalue weighted by molar-refractivity contribution is 9.10. The Hall–Kier alpha value is -0.610. The topological polar surface area (TPSA) is 36.4 Å². The number of nitrogens with zero attached hydrogens (tertiary/aromatic N) is 2. The molecule has 3 nitrogen and oxygen atoms in total. The Labute approximate surface area is 86.5 Å². The number of aliphatic hydroxyl groups is 1. The molecule has 0 aliphatic heterocycles. The molecule has 0 radical (unpaired) electrons. The molecule has 1 atom stereocenters. The van der Waals surface area contributed by atoms with Crippen LogP contribution in [0.5, 0.6) is 0 Å². The number of hydrogen-bond donors (Lipinski definition) is 1. The molecule has 0 amide bonds. The summed E-state index contributed by atoms with van der Waals surface area (Å²) in [4.78, 5) is 6.06. The first-order chi connectivity index (χ1) is 6.09. The summed E-state index contributed by atoms with van der Waals surface area (Å²) in [7, 11) is 1.93. The van der Waals surface area contributed by atoms with E-state index in [1.807, 2.05) is 24.1 Å². The third kappa shape index (κ3) is 3.32. The Kier molecular flexibility index (Phi) is 3.69. The van der Waals surface area contributed by atoms with Crippen molar-refractivity contribution in [1.82, 2.24) is 4.98 Å². The first kappa shape index (κ1) is 10.5. The molecular weight excluding hydrogens is 232 g/mol. The Morgan fingerprint density at radius 3 is 2.77 bits per heavy atom. The van der Waals surface area contributed by atoms with Crippen molar-refractivity contribution in [2.45, 2.75) is 13.0 Å². The number of hydrogen-bond acceptors (Lipinski definition) is 3. The molecule has 0 bridgehead atoms. The van der Waals surface area contributed by atoms with Crippen LogP contribution >= 0.6 is 15.9 Å². The van der Waals surface area contributed by atoms with Crippen LogP contribution in [0.25, 0.3) is 0 Å². The van der Waals surface area contributed by atoms with Crippen LogP contribution in [0, 0.1) is 0 Å². The molecule has 0 fully saturated rings. The Bertz CT molecular complexity index is 261. The second-order valence-corrected chi connectivity index (χ2v) is 3.88. The highest BCUT2D eigenvalue weighted by Gasteiger charge is 2.03. The minimum atomic E-state index is -0.325. The van der Waals surface area contributed by atoms with Gasteiger partial charge in [-0.05, 0) is 35.0 Å². The number of likely N-dealkylation sites (N-methyl/N-ethyl adjacent to an activating group) is 1. The van der Waals surface area contributed by atoms with Crippen molar-refractivity contribution >= 4 is 21.6 Å². The number of aliphatic hydroxyl groups excluding tert-OH is 1. The van der Waals surface area contributed by atoms with E-state index in [2.05, 4.69) is 20.9 Å². The van der Waals surface area contributed by atoms with Gasteiger partial charge in [-0.1, -0.05) is 0 Å². The second kappa shape index (κ2) is 4.58. The predicted octanol–water partition coefficient (Wildman–Crippen LogP) is 1.66. The van der Waals surface area contributed by atoms with E-state index in [9.17, 15) is 0 Å². The fourth-order valence-corrected chi connectivity index (χ4v) is 1.33. The van der Waals surface area contributed by atoms with Gasteiger partial charge in [0.05, 0.1) is 18.0 Å². The predicted molar refractivity (Wildman–Crippen MR) is 56.9 cm³/mol. The van der Waals surface area contributed by atoms with E-state index in [4.69, 9.17) is 5.11 Å². The fraction of sp³-hybridized carbons (Fsp3) is 0.444. The molecule has 1 rings (SSSR count). The van der Waals surface area contributed by atoms with Gasteiger partial charge in [0.15, 0.2) is 0 Å². The smallest absolute Gasteiger partial charge is 0.106 e. The lowest BCUT2D eigenvalue weighted by atomic mass is 10.3. The maximum atomic E-state index is 9.17. The number of anilines is 1. The van der Waals surface area contributed by atoms with E-state index in [1.165, 1.54) is 0 Å². The van der Waals surface area contributed by atoms with Gasteiger partial charge in [-0.2, -0.15) is 0 Å². The number of aromatic nitrogens is 1. The molecule has 0 spiro atoms. The lowest BCUT2D eigenvalue weighted by Gasteiger charge is -2.20. The van der Waals surface area contributed by atoms with Crippen molar-refractivity contribution in [3.8, 4) is 0 Å². The quantitative estimate of drug-likeness (QED) is 0.823. The van der Waals surface area contributed by atoms with Gasteiger partial charge in [-0.25, -0.2) is 4.98 Å². The first-order valence-corrected chi connectivity index (χ1v) is 4.89. The van der Waals surface area contributed by atoms with Crippen molar-refractivity contribution in [1.29, 1.82) is 0 Å².